The monoisotopic (exact) mass is 268 g/mol. The minimum Gasteiger partial charge on any atom is -0.346 e. The molecular weight excluding hydrogens is 248 g/mol. The van der Waals surface area contributed by atoms with Crippen molar-refractivity contribution in [3.8, 4) is 0 Å². The minimum atomic E-state index is -0.237. The Morgan fingerprint density at radius 1 is 1.26 bits per heavy atom. The molecule has 0 aromatic carbocycles. The molecule has 2 aliphatic heterocycles. The lowest BCUT2D eigenvalue weighted by molar-refractivity contribution is -0.150. The molecule has 7 heteroatoms. The Hall–Kier alpha value is -1.63. The summed E-state index contributed by atoms with van der Waals surface area (Å²) in [4.78, 5) is 36.6. The van der Waals surface area contributed by atoms with Crippen LogP contribution in [0.2, 0.25) is 0 Å². The fraction of sp³-hybridized carbons (Fsp3) is 0.750. The Labute approximate surface area is 112 Å². The summed E-state index contributed by atoms with van der Waals surface area (Å²) >= 11 is 0. The summed E-state index contributed by atoms with van der Waals surface area (Å²) in [6, 6.07) is -0.131. The topological polar surface area (TPSA) is 73.0 Å². The van der Waals surface area contributed by atoms with Gasteiger partial charge < -0.3 is 5.32 Å². The van der Waals surface area contributed by atoms with Gasteiger partial charge in [-0.1, -0.05) is 0 Å². The second-order valence-electron chi connectivity index (χ2n) is 5.00. The quantitative estimate of drug-likeness (QED) is 0.650. The van der Waals surface area contributed by atoms with Gasteiger partial charge in [-0.05, 0) is 32.9 Å². The second-order valence-corrected chi connectivity index (χ2v) is 5.00. The van der Waals surface area contributed by atoms with Crippen LogP contribution in [0.15, 0.2) is 0 Å². The number of carbonyl (C=O) groups is 3. The van der Waals surface area contributed by atoms with Crippen molar-refractivity contribution in [1.29, 1.82) is 0 Å². The normalized spacial score (nSPS) is 23.7. The molecule has 2 heterocycles. The number of likely N-dealkylation sites (N-methyl/N-ethyl adjacent to an activating group) is 1. The van der Waals surface area contributed by atoms with Crippen LogP contribution in [0.5, 0.6) is 0 Å². The summed E-state index contributed by atoms with van der Waals surface area (Å²) in [5, 5.41) is 5.41. The van der Waals surface area contributed by atoms with E-state index in [1.807, 2.05) is 11.9 Å². The lowest BCUT2D eigenvalue weighted by Crippen LogP contribution is -2.48. The molecule has 0 aliphatic carbocycles. The predicted molar refractivity (Wildman–Crippen MR) is 67.8 cm³/mol. The van der Waals surface area contributed by atoms with Gasteiger partial charge in [0.2, 0.25) is 12.3 Å². The number of nitrogens with one attached hydrogen (secondary N) is 1. The lowest BCUT2D eigenvalue weighted by atomic mass is 10.2. The van der Waals surface area contributed by atoms with Crippen LogP contribution in [0.25, 0.3) is 0 Å². The molecule has 3 amide bonds. The summed E-state index contributed by atoms with van der Waals surface area (Å²) in [6.45, 7) is 1.97. The zero-order chi connectivity index (χ0) is 13.8. The highest BCUT2D eigenvalue weighted by atomic mass is 16.2. The average molecular weight is 268 g/mol. The van der Waals surface area contributed by atoms with Crippen LogP contribution >= 0.6 is 0 Å². The summed E-state index contributed by atoms with van der Waals surface area (Å²) in [6.07, 6.45) is 3.27. The van der Waals surface area contributed by atoms with Gasteiger partial charge in [0.1, 0.15) is 0 Å². The molecule has 2 saturated heterocycles. The van der Waals surface area contributed by atoms with Crippen molar-refractivity contribution >= 4 is 18.2 Å². The number of amides is 3. The van der Waals surface area contributed by atoms with E-state index >= 15 is 0 Å². The summed E-state index contributed by atoms with van der Waals surface area (Å²) in [7, 11) is 1.91. The Kier molecular flexibility index (Phi) is 4.36. The maximum atomic E-state index is 11.9. The molecule has 2 rings (SSSR count). The van der Waals surface area contributed by atoms with E-state index in [9.17, 15) is 14.4 Å². The van der Waals surface area contributed by atoms with E-state index in [2.05, 4.69) is 5.32 Å². The molecule has 0 spiro atoms. The Balaban J connectivity index is 1.80. The number of hydrogen-bond acceptors (Lipinski definition) is 4. The van der Waals surface area contributed by atoms with Crippen LogP contribution < -0.4 is 5.32 Å². The number of hydrazine groups is 1. The van der Waals surface area contributed by atoms with Gasteiger partial charge in [0.25, 0.3) is 5.91 Å². The zero-order valence-electron chi connectivity index (χ0n) is 11.2. The molecule has 0 aromatic heterocycles. The van der Waals surface area contributed by atoms with E-state index in [1.54, 1.807) is 0 Å². The van der Waals surface area contributed by atoms with Gasteiger partial charge in [0.15, 0.2) is 0 Å². The van der Waals surface area contributed by atoms with Crippen LogP contribution in [-0.4, -0.2) is 72.4 Å². The van der Waals surface area contributed by atoms with Crippen LogP contribution in [0.3, 0.4) is 0 Å². The largest absolute Gasteiger partial charge is 0.346 e. The molecule has 2 aliphatic rings. The van der Waals surface area contributed by atoms with Gasteiger partial charge in [-0.2, -0.15) is 0 Å². The Bertz CT molecular complexity index is 374. The lowest BCUT2D eigenvalue weighted by Gasteiger charge is -2.24. The smallest absolute Gasteiger partial charge is 0.260 e. The second kappa shape index (κ2) is 6.01. The first kappa shape index (κ1) is 13.8. The van der Waals surface area contributed by atoms with Crippen LogP contribution in [0.4, 0.5) is 0 Å². The van der Waals surface area contributed by atoms with E-state index in [0.717, 1.165) is 25.8 Å². The molecule has 0 bridgehead atoms. The van der Waals surface area contributed by atoms with E-state index < -0.39 is 0 Å². The van der Waals surface area contributed by atoms with Crippen LogP contribution in [-0.2, 0) is 14.4 Å². The van der Waals surface area contributed by atoms with Crippen molar-refractivity contribution in [3.05, 3.63) is 0 Å². The highest BCUT2D eigenvalue weighted by Crippen LogP contribution is 2.14. The molecular formula is C12H20N4O3. The third-order valence-electron chi connectivity index (χ3n) is 3.71. The van der Waals surface area contributed by atoms with Crippen molar-refractivity contribution in [2.24, 2.45) is 0 Å². The molecule has 0 radical (unpaired) electrons. The van der Waals surface area contributed by atoms with Gasteiger partial charge in [-0.15, -0.1) is 0 Å². The highest BCUT2D eigenvalue weighted by Gasteiger charge is 2.29. The standard InChI is InChI=1S/C12H20N4O3/c1-14-5-2-4-10(14)12(19)13-8-11(18)16-7-3-6-15(16)9-17/h9-10H,2-8H2,1H3,(H,13,19)/t10-/m0/s1. The van der Waals surface area contributed by atoms with Gasteiger partial charge >= 0.3 is 0 Å². The van der Waals surface area contributed by atoms with Gasteiger partial charge in [-0.25, -0.2) is 0 Å². The molecule has 0 saturated carbocycles. The van der Waals surface area contributed by atoms with Crippen LogP contribution in [0.1, 0.15) is 19.3 Å². The summed E-state index contributed by atoms with van der Waals surface area (Å²) < 4.78 is 0. The molecule has 0 aromatic rings. The number of likely N-dealkylation sites (tertiary alicyclic amines) is 1. The van der Waals surface area contributed by atoms with Gasteiger partial charge in [-0.3, -0.25) is 29.3 Å². The third kappa shape index (κ3) is 3.04. The molecule has 106 valence electrons. The molecule has 2 fully saturated rings. The summed E-state index contributed by atoms with van der Waals surface area (Å²) in [5.74, 6) is -0.344. The van der Waals surface area contributed by atoms with Crippen molar-refractivity contribution < 1.29 is 14.4 Å². The number of nitrogens with zero attached hydrogens (tertiary/aromatic N) is 3. The highest BCUT2D eigenvalue weighted by molar-refractivity contribution is 5.87. The van der Waals surface area contributed by atoms with Crippen molar-refractivity contribution in [3.63, 3.8) is 0 Å². The fourth-order valence-electron chi connectivity index (χ4n) is 2.62. The zero-order valence-corrected chi connectivity index (χ0v) is 11.2. The Morgan fingerprint density at radius 3 is 2.68 bits per heavy atom. The minimum absolute atomic E-state index is 0.0481. The maximum absolute atomic E-state index is 11.9. The first-order chi connectivity index (χ1) is 9.13. The number of hydrogen-bond donors (Lipinski definition) is 1. The van der Waals surface area contributed by atoms with Crippen molar-refractivity contribution in [2.45, 2.75) is 25.3 Å². The number of rotatable bonds is 4. The molecule has 19 heavy (non-hydrogen) atoms. The molecule has 1 atom stereocenters. The van der Waals surface area contributed by atoms with Gasteiger partial charge in [0, 0.05) is 13.1 Å². The SMILES string of the molecule is CN1CCC[C@H]1C(=O)NCC(=O)N1CCCN1C=O. The van der Waals surface area contributed by atoms with E-state index in [0.29, 0.717) is 19.5 Å². The van der Waals surface area contributed by atoms with E-state index in [-0.39, 0.29) is 24.4 Å². The number of carbonyl (C=O) groups excluding carboxylic acids is 3. The Morgan fingerprint density at radius 2 is 2.05 bits per heavy atom. The van der Waals surface area contributed by atoms with Crippen LogP contribution in [0, 0.1) is 0 Å². The van der Waals surface area contributed by atoms with Gasteiger partial charge in [0.05, 0.1) is 12.6 Å². The summed E-state index contributed by atoms with van der Waals surface area (Å²) in [5.41, 5.74) is 0. The predicted octanol–water partition coefficient (Wildman–Crippen LogP) is -1.20. The maximum Gasteiger partial charge on any atom is 0.260 e. The first-order valence-electron chi connectivity index (χ1n) is 6.63. The van der Waals surface area contributed by atoms with Crippen molar-refractivity contribution in [2.75, 3.05) is 33.2 Å². The molecule has 1 N–H and O–H groups in total. The molecule has 0 unspecified atom stereocenters. The van der Waals surface area contributed by atoms with Crippen molar-refractivity contribution in [1.82, 2.24) is 20.2 Å². The van der Waals surface area contributed by atoms with E-state index in [4.69, 9.17) is 0 Å². The molecule has 7 nitrogen and oxygen atoms in total. The first-order valence-corrected chi connectivity index (χ1v) is 6.63. The van der Waals surface area contributed by atoms with E-state index in [1.165, 1.54) is 10.0 Å². The third-order valence-corrected chi connectivity index (χ3v) is 3.71. The average Bonchev–Trinajstić information content (AvgIpc) is 3.03. The fourth-order valence-corrected chi connectivity index (χ4v) is 2.62.